The molecule has 1 saturated heterocycles. The first kappa shape index (κ1) is 14.0. The molecule has 0 saturated carbocycles. The molecule has 0 spiro atoms. The Kier molecular flexibility index (Phi) is 4.76. The molecule has 1 fully saturated rings. The van der Waals surface area contributed by atoms with Gasteiger partial charge >= 0.3 is 0 Å². The zero-order chi connectivity index (χ0) is 13.0. The Bertz CT molecular complexity index is 372. The first-order chi connectivity index (χ1) is 8.64. The maximum absolute atomic E-state index is 5.99. The summed E-state index contributed by atoms with van der Waals surface area (Å²) in [7, 11) is 0. The highest BCUT2D eigenvalue weighted by Gasteiger charge is 2.38. The van der Waals surface area contributed by atoms with Crippen LogP contribution in [0.2, 0.25) is 0 Å². The van der Waals surface area contributed by atoms with Crippen LogP contribution < -0.4 is 5.32 Å². The lowest BCUT2D eigenvalue weighted by molar-refractivity contribution is -0.0116. The molecule has 1 aromatic rings. The van der Waals surface area contributed by atoms with E-state index in [2.05, 4.69) is 36.5 Å². The van der Waals surface area contributed by atoms with Gasteiger partial charge in [0.1, 0.15) is 0 Å². The molecule has 102 valence electrons. The molecule has 0 aliphatic carbocycles. The van der Waals surface area contributed by atoms with Gasteiger partial charge in [-0.15, -0.1) is 11.3 Å². The summed E-state index contributed by atoms with van der Waals surface area (Å²) in [6, 6.07) is 0.376. The van der Waals surface area contributed by atoms with Gasteiger partial charge in [0.2, 0.25) is 0 Å². The standard InChI is InChI=1S/C14H24N2OS/c1-4-7-15-13(14(3)6-5-8-17-14)9-12-10-18-11(2)16-12/h10,13,15H,4-9H2,1-3H3. The minimum Gasteiger partial charge on any atom is -0.374 e. The number of nitrogens with zero attached hydrogens (tertiary/aromatic N) is 1. The van der Waals surface area contributed by atoms with Gasteiger partial charge in [0.05, 0.1) is 16.3 Å². The van der Waals surface area contributed by atoms with E-state index in [1.54, 1.807) is 11.3 Å². The molecule has 0 aromatic carbocycles. The molecule has 2 rings (SSSR count). The van der Waals surface area contributed by atoms with E-state index in [0.717, 1.165) is 37.4 Å². The third-order valence-electron chi connectivity index (χ3n) is 3.71. The number of hydrogen-bond acceptors (Lipinski definition) is 4. The Morgan fingerprint density at radius 1 is 1.61 bits per heavy atom. The number of thiazole rings is 1. The number of aryl methyl sites for hydroxylation is 1. The number of ether oxygens (including phenoxy) is 1. The number of nitrogens with one attached hydrogen (secondary N) is 1. The summed E-state index contributed by atoms with van der Waals surface area (Å²) in [6.45, 7) is 8.46. The van der Waals surface area contributed by atoms with Crippen molar-refractivity contribution in [2.45, 2.75) is 58.1 Å². The van der Waals surface area contributed by atoms with E-state index in [1.807, 2.05) is 0 Å². The van der Waals surface area contributed by atoms with E-state index in [9.17, 15) is 0 Å². The van der Waals surface area contributed by atoms with Crippen molar-refractivity contribution < 1.29 is 4.74 Å². The van der Waals surface area contributed by atoms with E-state index in [4.69, 9.17) is 4.74 Å². The zero-order valence-corrected chi connectivity index (χ0v) is 12.5. The minimum atomic E-state index is -0.0211. The van der Waals surface area contributed by atoms with Gasteiger partial charge in [0.25, 0.3) is 0 Å². The van der Waals surface area contributed by atoms with Crippen LogP contribution >= 0.6 is 11.3 Å². The maximum atomic E-state index is 5.99. The summed E-state index contributed by atoms with van der Waals surface area (Å²) in [5.74, 6) is 0. The fourth-order valence-electron chi connectivity index (χ4n) is 2.61. The Labute approximate surface area is 114 Å². The van der Waals surface area contributed by atoms with Crippen molar-refractivity contribution >= 4 is 11.3 Å². The van der Waals surface area contributed by atoms with Crippen LogP contribution in [-0.2, 0) is 11.2 Å². The van der Waals surface area contributed by atoms with Crippen LogP contribution in [0.5, 0.6) is 0 Å². The van der Waals surface area contributed by atoms with Gasteiger partial charge in [0.15, 0.2) is 0 Å². The van der Waals surface area contributed by atoms with Crippen LogP contribution in [0, 0.1) is 6.92 Å². The van der Waals surface area contributed by atoms with Gasteiger partial charge in [0, 0.05) is 24.4 Å². The van der Waals surface area contributed by atoms with Crippen LogP contribution in [0.15, 0.2) is 5.38 Å². The Hall–Kier alpha value is -0.450. The largest absolute Gasteiger partial charge is 0.374 e. The van der Waals surface area contributed by atoms with Crippen molar-refractivity contribution in [3.05, 3.63) is 16.1 Å². The summed E-state index contributed by atoms with van der Waals surface area (Å²) in [6.07, 6.45) is 4.46. The third-order valence-corrected chi connectivity index (χ3v) is 4.53. The van der Waals surface area contributed by atoms with Gasteiger partial charge in [-0.3, -0.25) is 0 Å². The number of hydrogen-bond donors (Lipinski definition) is 1. The highest BCUT2D eigenvalue weighted by molar-refractivity contribution is 7.09. The van der Waals surface area contributed by atoms with E-state index < -0.39 is 0 Å². The molecule has 2 unspecified atom stereocenters. The molecule has 0 radical (unpaired) electrons. The molecule has 0 bridgehead atoms. The topological polar surface area (TPSA) is 34.2 Å². The molecule has 4 heteroatoms. The van der Waals surface area contributed by atoms with Gasteiger partial charge in [-0.05, 0) is 39.7 Å². The maximum Gasteiger partial charge on any atom is 0.0897 e. The predicted octanol–water partition coefficient (Wildman–Crippen LogP) is 2.93. The van der Waals surface area contributed by atoms with Crippen LogP contribution in [0.4, 0.5) is 0 Å². The van der Waals surface area contributed by atoms with Crippen molar-refractivity contribution in [1.29, 1.82) is 0 Å². The fraction of sp³-hybridized carbons (Fsp3) is 0.786. The summed E-state index contributed by atoms with van der Waals surface area (Å²) in [5.41, 5.74) is 1.18. The van der Waals surface area contributed by atoms with E-state index in [-0.39, 0.29) is 5.60 Å². The molecule has 18 heavy (non-hydrogen) atoms. The summed E-state index contributed by atoms with van der Waals surface area (Å²) in [5, 5.41) is 6.97. The molecular formula is C14H24N2OS. The van der Waals surface area contributed by atoms with E-state index >= 15 is 0 Å². The van der Waals surface area contributed by atoms with Crippen molar-refractivity contribution in [3.8, 4) is 0 Å². The second-order valence-corrected chi connectivity index (χ2v) is 6.40. The van der Waals surface area contributed by atoms with Gasteiger partial charge in [-0.2, -0.15) is 0 Å². The second kappa shape index (κ2) is 6.13. The van der Waals surface area contributed by atoms with Crippen LogP contribution in [0.1, 0.15) is 43.8 Å². The molecule has 3 nitrogen and oxygen atoms in total. The van der Waals surface area contributed by atoms with Crippen LogP contribution in [-0.4, -0.2) is 29.8 Å². The Morgan fingerprint density at radius 2 is 2.44 bits per heavy atom. The molecular weight excluding hydrogens is 244 g/mol. The zero-order valence-electron chi connectivity index (χ0n) is 11.7. The highest BCUT2D eigenvalue weighted by Crippen LogP contribution is 2.30. The first-order valence-corrected chi connectivity index (χ1v) is 7.80. The second-order valence-electron chi connectivity index (χ2n) is 5.33. The number of aromatic nitrogens is 1. The monoisotopic (exact) mass is 268 g/mol. The van der Waals surface area contributed by atoms with Crippen molar-refractivity contribution in [3.63, 3.8) is 0 Å². The predicted molar refractivity (Wildman–Crippen MR) is 76.2 cm³/mol. The van der Waals surface area contributed by atoms with Crippen LogP contribution in [0.25, 0.3) is 0 Å². The molecule has 0 amide bonds. The quantitative estimate of drug-likeness (QED) is 0.861. The van der Waals surface area contributed by atoms with Gasteiger partial charge in [-0.25, -0.2) is 4.98 Å². The fourth-order valence-corrected chi connectivity index (χ4v) is 3.23. The lowest BCUT2D eigenvalue weighted by Gasteiger charge is -2.34. The minimum absolute atomic E-state index is 0.0211. The van der Waals surface area contributed by atoms with Crippen molar-refractivity contribution in [2.75, 3.05) is 13.2 Å². The highest BCUT2D eigenvalue weighted by atomic mass is 32.1. The molecule has 2 atom stereocenters. The van der Waals surface area contributed by atoms with E-state index in [0.29, 0.717) is 6.04 Å². The average Bonchev–Trinajstić information content (AvgIpc) is 2.94. The number of rotatable bonds is 6. The van der Waals surface area contributed by atoms with Gasteiger partial charge < -0.3 is 10.1 Å². The SMILES string of the molecule is CCCNC(Cc1csc(C)n1)C1(C)CCCO1. The van der Waals surface area contributed by atoms with Crippen molar-refractivity contribution in [1.82, 2.24) is 10.3 Å². The lowest BCUT2D eigenvalue weighted by atomic mass is 9.90. The molecule has 2 heterocycles. The molecule has 1 aliphatic rings. The average molecular weight is 268 g/mol. The Balaban J connectivity index is 2.04. The van der Waals surface area contributed by atoms with Crippen LogP contribution in [0.3, 0.4) is 0 Å². The van der Waals surface area contributed by atoms with Gasteiger partial charge in [-0.1, -0.05) is 6.92 Å². The normalized spacial score (nSPS) is 25.5. The van der Waals surface area contributed by atoms with Crippen molar-refractivity contribution in [2.24, 2.45) is 0 Å². The third kappa shape index (κ3) is 3.31. The van der Waals surface area contributed by atoms with E-state index in [1.165, 1.54) is 12.1 Å². The summed E-state index contributed by atoms with van der Waals surface area (Å²) >= 11 is 1.73. The lowest BCUT2D eigenvalue weighted by Crippen LogP contribution is -2.50. The molecule has 1 N–H and O–H groups in total. The smallest absolute Gasteiger partial charge is 0.0897 e. The summed E-state index contributed by atoms with van der Waals surface area (Å²) < 4.78 is 5.99. The summed E-state index contributed by atoms with van der Waals surface area (Å²) in [4.78, 5) is 4.58. The molecule has 1 aliphatic heterocycles. The Morgan fingerprint density at radius 3 is 3.00 bits per heavy atom. The first-order valence-electron chi connectivity index (χ1n) is 6.92. The molecule has 1 aromatic heterocycles.